The van der Waals surface area contributed by atoms with Crippen molar-refractivity contribution in [2.24, 2.45) is 5.73 Å². The highest BCUT2D eigenvalue weighted by atomic mass is 32.1. The van der Waals surface area contributed by atoms with Crippen LogP contribution in [0.5, 0.6) is 0 Å². The minimum Gasteiger partial charge on any atom is -0.389 e. The molecule has 0 aliphatic carbocycles. The fourth-order valence-corrected chi connectivity index (χ4v) is 1.94. The van der Waals surface area contributed by atoms with Crippen LogP contribution in [0, 0.1) is 18.6 Å². The second-order valence-corrected chi connectivity index (χ2v) is 4.88. The van der Waals surface area contributed by atoms with Crippen molar-refractivity contribution in [3.63, 3.8) is 0 Å². The minimum atomic E-state index is -0.921. The molecule has 3 N–H and O–H groups in total. The summed E-state index contributed by atoms with van der Waals surface area (Å²) in [5.41, 5.74) is 6.57. The number of hydrogen-bond acceptors (Lipinski definition) is 2. The number of amides is 1. The zero-order chi connectivity index (χ0) is 15.6. The summed E-state index contributed by atoms with van der Waals surface area (Å²) in [6.45, 7) is 1.75. The van der Waals surface area contributed by atoms with Crippen molar-refractivity contribution >= 4 is 28.8 Å². The molecule has 21 heavy (non-hydrogen) atoms. The molecule has 0 radical (unpaired) electrons. The Bertz CT molecular complexity index is 711. The third-order valence-electron chi connectivity index (χ3n) is 2.96. The maximum atomic E-state index is 13.6. The van der Waals surface area contributed by atoms with Gasteiger partial charge in [-0.05, 0) is 30.7 Å². The van der Waals surface area contributed by atoms with Gasteiger partial charge < -0.3 is 11.1 Å². The Kier molecular flexibility index (Phi) is 4.28. The van der Waals surface area contributed by atoms with Gasteiger partial charge in [0, 0.05) is 11.3 Å². The zero-order valence-electron chi connectivity index (χ0n) is 11.1. The van der Waals surface area contributed by atoms with Crippen LogP contribution in [0.2, 0.25) is 0 Å². The lowest BCUT2D eigenvalue weighted by atomic mass is 10.1. The first-order valence-corrected chi connectivity index (χ1v) is 6.47. The van der Waals surface area contributed by atoms with Crippen LogP contribution in [0.4, 0.5) is 14.5 Å². The number of halogens is 2. The van der Waals surface area contributed by atoms with Crippen LogP contribution in [-0.2, 0) is 0 Å². The predicted molar refractivity (Wildman–Crippen MR) is 81.4 cm³/mol. The van der Waals surface area contributed by atoms with Crippen molar-refractivity contribution in [3.8, 4) is 0 Å². The Hall–Kier alpha value is -2.34. The summed E-state index contributed by atoms with van der Waals surface area (Å²) in [6, 6.07) is 8.22. The van der Waals surface area contributed by atoms with Gasteiger partial charge in [0.2, 0.25) is 0 Å². The molecular formula is C15H12F2N2OS. The summed E-state index contributed by atoms with van der Waals surface area (Å²) in [4.78, 5) is 12.2. The number of carbonyl (C=O) groups is 1. The normalized spacial score (nSPS) is 10.2. The van der Waals surface area contributed by atoms with Crippen molar-refractivity contribution in [3.05, 3.63) is 64.7 Å². The average molecular weight is 306 g/mol. The average Bonchev–Trinajstić information content (AvgIpc) is 2.40. The van der Waals surface area contributed by atoms with Gasteiger partial charge in [-0.15, -0.1) is 0 Å². The van der Waals surface area contributed by atoms with E-state index in [1.54, 1.807) is 25.1 Å². The summed E-state index contributed by atoms with van der Waals surface area (Å²) < 4.78 is 27.1. The first-order valence-electron chi connectivity index (χ1n) is 6.06. The first-order chi connectivity index (χ1) is 9.90. The van der Waals surface area contributed by atoms with Crippen molar-refractivity contribution in [2.75, 3.05) is 5.32 Å². The van der Waals surface area contributed by atoms with Gasteiger partial charge >= 0.3 is 0 Å². The number of aryl methyl sites for hydroxylation is 1. The van der Waals surface area contributed by atoms with Crippen molar-refractivity contribution < 1.29 is 13.6 Å². The van der Waals surface area contributed by atoms with Crippen LogP contribution in [0.3, 0.4) is 0 Å². The quantitative estimate of drug-likeness (QED) is 0.857. The number of rotatable bonds is 3. The number of thiocarbonyl (C=S) groups is 1. The second-order valence-electron chi connectivity index (χ2n) is 4.44. The maximum Gasteiger partial charge on any atom is 0.261 e. The molecule has 2 rings (SSSR count). The molecule has 0 heterocycles. The molecule has 0 bridgehead atoms. The largest absolute Gasteiger partial charge is 0.389 e. The van der Waals surface area contributed by atoms with E-state index in [1.807, 2.05) is 0 Å². The van der Waals surface area contributed by atoms with Gasteiger partial charge in [-0.25, -0.2) is 8.78 Å². The standard InChI is InChI=1S/C15H12F2N2OS/c1-8-5-6-9(14(18)21)7-12(8)19-15(20)13-10(16)3-2-4-11(13)17/h2-7H,1H3,(H2,18,21)(H,19,20). The molecule has 2 aromatic rings. The van der Waals surface area contributed by atoms with Crippen molar-refractivity contribution in [1.82, 2.24) is 0 Å². The Morgan fingerprint density at radius 2 is 1.81 bits per heavy atom. The van der Waals surface area contributed by atoms with E-state index in [-0.39, 0.29) is 4.99 Å². The SMILES string of the molecule is Cc1ccc(C(N)=S)cc1NC(=O)c1c(F)cccc1F. The molecule has 3 nitrogen and oxygen atoms in total. The molecule has 0 saturated carbocycles. The van der Waals surface area contributed by atoms with E-state index in [0.717, 1.165) is 17.7 Å². The number of benzene rings is 2. The molecule has 0 unspecified atom stereocenters. The third-order valence-corrected chi connectivity index (χ3v) is 3.20. The van der Waals surface area contributed by atoms with Crippen molar-refractivity contribution in [1.29, 1.82) is 0 Å². The zero-order valence-corrected chi connectivity index (χ0v) is 11.9. The second kappa shape index (κ2) is 5.97. The number of hydrogen-bond donors (Lipinski definition) is 2. The Morgan fingerprint density at radius 1 is 1.19 bits per heavy atom. The minimum absolute atomic E-state index is 0.169. The summed E-state index contributed by atoms with van der Waals surface area (Å²) in [6.07, 6.45) is 0. The van der Waals surface area contributed by atoms with E-state index >= 15 is 0 Å². The van der Waals surface area contributed by atoms with E-state index in [0.29, 0.717) is 11.3 Å². The van der Waals surface area contributed by atoms with Gasteiger partial charge in [0.25, 0.3) is 5.91 Å². The number of anilines is 1. The predicted octanol–water partition coefficient (Wildman–Crippen LogP) is 3.16. The smallest absolute Gasteiger partial charge is 0.261 e. The van der Waals surface area contributed by atoms with E-state index in [9.17, 15) is 13.6 Å². The fraction of sp³-hybridized carbons (Fsp3) is 0.0667. The first kappa shape index (κ1) is 15.1. The maximum absolute atomic E-state index is 13.6. The molecule has 0 saturated heterocycles. The molecule has 0 aliphatic heterocycles. The van der Waals surface area contributed by atoms with Crippen LogP contribution >= 0.6 is 12.2 Å². The number of nitrogens with one attached hydrogen (secondary N) is 1. The monoisotopic (exact) mass is 306 g/mol. The van der Waals surface area contributed by atoms with Crippen LogP contribution in [0.1, 0.15) is 21.5 Å². The van der Waals surface area contributed by atoms with Crippen LogP contribution in [-0.4, -0.2) is 10.9 Å². The Balaban J connectivity index is 2.36. The molecule has 0 fully saturated rings. The molecule has 0 aromatic heterocycles. The Labute approximate surface area is 125 Å². The van der Waals surface area contributed by atoms with Crippen LogP contribution < -0.4 is 11.1 Å². The van der Waals surface area contributed by atoms with Gasteiger partial charge in [-0.2, -0.15) is 0 Å². The van der Waals surface area contributed by atoms with Gasteiger partial charge in [0.15, 0.2) is 0 Å². The molecule has 1 amide bonds. The van der Waals surface area contributed by atoms with Gasteiger partial charge in [-0.3, -0.25) is 4.79 Å². The lowest BCUT2D eigenvalue weighted by Crippen LogP contribution is -2.17. The Morgan fingerprint density at radius 3 is 2.38 bits per heavy atom. The lowest BCUT2D eigenvalue weighted by molar-refractivity contribution is 0.101. The van der Waals surface area contributed by atoms with Gasteiger partial charge in [-0.1, -0.05) is 30.4 Å². The van der Waals surface area contributed by atoms with Crippen LogP contribution in [0.25, 0.3) is 0 Å². The molecule has 0 atom stereocenters. The molecular weight excluding hydrogens is 294 g/mol. The van der Waals surface area contributed by atoms with E-state index < -0.39 is 23.1 Å². The molecule has 6 heteroatoms. The lowest BCUT2D eigenvalue weighted by Gasteiger charge is -2.11. The van der Waals surface area contributed by atoms with Gasteiger partial charge in [0.05, 0.1) is 0 Å². The summed E-state index contributed by atoms with van der Waals surface area (Å²) >= 11 is 4.86. The number of nitrogens with two attached hydrogens (primary N) is 1. The summed E-state index contributed by atoms with van der Waals surface area (Å²) in [5, 5.41) is 2.47. The molecule has 0 aliphatic rings. The highest BCUT2D eigenvalue weighted by molar-refractivity contribution is 7.80. The molecule has 2 aromatic carbocycles. The van der Waals surface area contributed by atoms with E-state index in [1.165, 1.54) is 6.07 Å². The van der Waals surface area contributed by atoms with Crippen molar-refractivity contribution in [2.45, 2.75) is 6.92 Å². The summed E-state index contributed by atoms with van der Waals surface area (Å²) in [5.74, 6) is -2.71. The van der Waals surface area contributed by atoms with E-state index in [4.69, 9.17) is 18.0 Å². The number of carbonyl (C=O) groups excluding carboxylic acids is 1. The molecule has 0 spiro atoms. The fourth-order valence-electron chi connectivity index (χ4n) is 1.81. The third kappa shape index (κ3) is 3.22. The van der Waals surface area contributed by atoms with E-state index in [2.05, 4.69) is 5.32 Å². The highest BCUT2D eigenvalue weighted by Gasteiger charge is 2.17. The van der Waals surface area contributed by atoms with Crippen LogP contribution in [0.15, 0.2) is 36.4 Å². The molecule has 108 valence electrons. The summed E-state index contributed by atoms with van der Waals surface area (Å²) in [7, 11) is 0. The van der Waals surface area contributed by atoms with Gasteiger partial charge in [0.1, 0.15) is 22.2 Å². The highest BCUT2D eigenvalue weighted by Crippen LogP contribution is 2.20. The topological polar surface area (TPSA) is 55.1 Å².